The number of Topliss-reactive ketones (excluding diaryl/α,β-unsaturated/α-hetero) is 1. The molecule has 3 aromatic rings. The zero-order valence-corrected chi connectivity index (χ0v) is 17.2. The monoisotopic (exact) mass is 417 g/mol. The van der Waals surface area contributed by atoms with Gasteiger partial charge in [-0.05, 0) is 55.5 Å². The van der Waals surface area contributed by atoms with E-state index in [1.165, 1.54) is 12.4 Å². The number of carbonyl (C=O) groups excluding carboxylic acids is 2. The number of hydrogen-bond donors (Lipinski definition) is 0. The Morgan fingerprint density at radius 1 is 1.00 bits per heavy atom. The topological polar surface area (TPSA) is 83.9 Å². The van der Waals surface area contributed by atoms with Crippen molar-refractivity contribution in [1.29, 1.82) is 0 Å². The van der Waals surface area contributed by atoms with Gasteiger partial charge in [-0.1, -0.05) is 0 Å². The number of methoxy groups -OCH3 is 2. The molecule has 1 aromatic heterocycles. The first-order valence-corrected chi connectivity index (χ1v) is 9.44. The van der Waals surface area contributed by atoms with E-state index in [1.807, 2.05) is 0 Å². The molecule has 0 amide bonds. The Bertz CT molecular complexity index is 1200. The van der Waals surface area contributed by atoms with Gasteiger partial charge >= 0.3 is 5.97 Å². The van der Waals surface area contributed by atoms with Gasteiger partial charge in [0.15, 0.2) is 5.76 Å². The van der Waals surface area contributed by atoms with E-state index in [1.54, 1.807) is 69.7 Å². The molecule has 7 nitrogen and oxygen atoms in total. The highest BCUT2D eigenvalue weighted by Crippen LogP contribution is 2.40. The Balaban J connectivity index is 1.65. The standard InChI is InChI=1S/C24H19NO6/c1-14-19(31-24(27)15-8-10-25-11-9-15)7-5-18-22(26)21(30-23(14)18)13-16-12-17(28-2)4-6-20(16)29-3/h4-13H,1-3H3/b21-13-. The molecule has 7 heteroatoms. The van der Waals surface area contributed by atoms with Crippen molar-refractivity contribution < 1.29 is 28.5 Å². The lowest BCUT2D eigenvalue weighted by Gasteiger charge is -2.10. The number of ether oxygens (including phenoxy) is 4. The number of pyridine rings is 1. The summed E-state index contributed by atoms with van der Waals surface area (Å²) in [4.78, 5) is 29.1. The van der Waals surface area contributed by atoms with Crippen molar-refractivity contribution in [2.75, 3.05) is 14.2 Å². The van der Waals surface area contributed by atoms with E-state index in [-0.39, 0.29) is 11.5 Å². The van der Waals surface area contributed by atoms with Gasteiger partial charge in [0.2, 0.25) is 5.78 Å². The SMILES string of the molecule is COc1ccc(OC)c(/C=C2\Oc3c(ccc(OC(=O)c4ccncc4)c3C)C2=O)c1. The van der Waals surface area contributed by atoms with E-state index in [9.17, 15) is 9.59 Å². The number of hydrogen-bond acceptors (Lipinski definition) is 7. The lowest BCUT2D eigenvalue weighted by Crippen LogP contribution is -2.09. The van der Waals surface area contributed by atoms with E-state index in [2.05, 4.69) is 4.98 Å². The molecule has 0 bridgehead atoms. The number of ketones is 1. The maximum absolute atomic E-state index is 12.9. The quantitative estimate of drug-likeness (QED) is 0.349. The summed E-state index contributed by atoms with van der Waals surface area (Å²) in [5, 5.41) is 0. The molecule has 0 spiro atoms. The first-order chi connectivity index (χ1) is 15.0. The smallest absolute Gasteiger partial charge is 0.343 e. The summed E-state index contributed by atoms with van der Waals surface area (Å²) < 4.78 is 22.0. The second-order valence-electron chi connectivity index (χ2n) is 6.74. The average Bonchev–Trinajstić information content (AvgIpc) is 3.12. The molecule has 0 atom stereocenters. The zero-order chi connectivity index (χ0) is 22.0. The molecule has 156 valence electrons. The van der Waals surface area contributed by atoms with Crippen molar-refractivity contribution >= 4 is 17.8 Å². The molecular weight excluding hydrogens is 398 g/mol. The summed E-state index contributed by atoms with van der Waals surface area (Å²) in [6.45, 7) is 1.73. The van der Waals surface area contributed by atoms with Crippen LogP contribution in [0.2, 0.25) is 0 Å². The molecule has 0 saturated carbocycles. The molecule has 31 heavy (non-hydrogen) atoms. The highest BCUT2D eigenvalue weighted by Gasteiger charge is 2.31. The van der Waals surface area contributed by atoms with Crippen molar-refractivity contribution in [3.8, 4) is 23.0 Å². The third-order valence-electron chi connectivity index (χ3n) is 4.88. The number of benzene rings is 2. The van der Waals surface area contributed by atoms with Crippen LogP contribution in [0, 0.1) is 6.92 Å². The first-order valence-electron chi connectivity index (χ1n) is 9.44. The van der Waals surface area contributed by atoms with Crippen LogP contribution in [-0.4, -0.2) is 31.0 Å². The number of fused-ring (bicyclic) bond motifs is 1. The van der Waals surface area contributed by atoms with E-state index < -0.39 is 5.97 Å². The van der Waals surface area contributed by atoms with E-state index in [0.29, 0.717) is 45.3 Å². The minimum absolute atomic E-state index is 0.141. The van der Waals surface area contributed by atoms with Crippen LogP contribution in [-0.2, 0) is 0 Å². The number of esters is 1. The van der Waals surface area contributed by atoms with Crippen LogP contribution in [0.4, 0.5) is 0 Å². The molecular formula is C24H19NO6. The summed E-state index contributed by atoms with van der Waals surface area (Å²) in [5.41, 5.74) is 1.96. The predicted molar refractivity (Wildman–Crippen MR) is 113 cm³/mol. The van der Waals surface area contributed by atoms with Gasteiger partial charge in [0.1, 0.15) is 23.0 Å². The summed E-state index contributed by atoms with van der Waals surface area (Å²) >= 11 is 0. The molecule has 0 aliphatic carbocycles. The molecule has 0 N–H and O–H groups in total. The van der Waals surface area contributed by atoms with Gasteiger partial charge in [-0.3, -0.25) is 9.78 Å². The Hall–Kier alpha value is -4.13. The average molecular weight is 417 g/mol. The normalized spacial score (nSPS) is 13.5. The fraction of sp³-hybridized carbons (Fsp3) is 0.125. The molecule has 1 aliphatic rings. The maximum Gasteiger partial charge on any atom is 0.343 e. The summed E-state index contributed by atoms with van der Waals surface area (Å²) in [6.07, 6.45) is 4.63. The van der Waals surface area contributed by atoms with Crippen molar-refractivity contribution in [2.24, 2.45) is 0 Å². The lowest BCUT2D eigenvalue weighted by atomic mass is 10.1. The van der Waals surface area contributed by atoms with E-state index in [0.717, 1.165) is 0 Å². The van der Waals surface area contributed by atoms with Crippen LogP contribution in [0.5, 0.6) is 23.0 Å². The number of rotatable bonds is 5. The van der Waals surface area contributed by atoms with Gasteiger partial charge in [0.25, 0.3) is 0 Å². The zero-order valence-electron chi connectivity index (χ0n) is 17.2. The minimum Gasteiger partial charge on any atom is -0.497 e. The molecule has 0 unspecified atom stereocenters. The first kappa shape index (κ1) is 20.2. The Kier molecular flexibility index (Phi) is 5.41. The summed E-state index contributed by atoms with van der Waals surface area (Å²) in [7, 11) is 3.10. The maximum atomic E-state index is 12.9. The predicted octanol–water partition coefficient (Wildman–Crippen LogP) is 4.24. The van der Waals surface area contributed by atoms with Crippen molar-refractivity contribution in [3.63, 3.8) is 0 Å². The highest BCUT2D eigenvalue weighted by atomic mass is 16.5. The fourth-order valence-corrected chi connectivity index (χ4v) is 3.22. The van der Waals surface area contributed by atoms with Gasteiger partial charge < -0.3 is 18.9 Å². The second-order valence-corrected chi connectivity index (χ2v) is 6.74. The van der Waals surface area contributed by atoms with Crippen LogP contribution >= 0.6 is 0 Å². The molecule has 0 saturated heterocycles. The highest BCUT2D eigenvalue weighted by molar-refractivity contribution is 6.15. The molecule has 0 fully saturated rings. The van der Waals surface area contributed by atoms with Crippen LogP contribution in [0.15, 0.2) is 60.6 Å². The summed E-state index contributed by atoms with van der Waals surface area (Å²) in [6, 6.07) is 11.6. The third-order valence-corrected chi connectivity index (χ3v) is 4.88. The molecule has 2 heterocycles. The fourth-order valence-electron chi connectivity index (χ4n) is 3.22. The Labute approximate surface area is 178 Å². The number of aromatic nitrogens is 1. The van der Waals surface area contributed by atoms with Crippen LogP contribution in [0.25, 0.3) is 6.08 Å². The number of nitrogens with zero attached hydrogens (tertiary/aromatic N) is 1. The van der Waals surface area contributed by atoms with Gasteiger partial charge in [-0.2, -0.15) is 0 Å². The van der Waals surface area contributed by atoms with E-state index >= 15 is 0 Å². The largest absolute Gasteiger partial charge is 0.497 e. The lowest BCUT2D eigenvalue weighted by molar-refractivity contribution is 0.0733. The number of allylic oxidation sites excluding steroid dienone is 1. The minimum atomic E-state index is -0.522. The van der Waals surface area contributed by atoms with Crippen LogP contribution in [0.3, 0.4) is 0 Å². The summed E-state index contributed by atoms with van der Waals surface area (Å²) in [5.74, 6) is 1.22. The van der Waals surface area contributed by atoms with Gasteiger partial charge in [0.05, 0.1) is 25.3 Å². The Morgan fingerprint density at radius 2 is 1.74 bits per heavy atom. The Morgan fingerprint density at radius 3 is 2.45 bits per heavy atom. The second kappa shape index (κ2) is 8.31. The molecule has 4 rings (SSSR count). The third kappa shape index (κ3) is 3.85. The van der Waals surface area contributed by atoms with Gasteiger partial charge in [0, 0.05) is 23.5 Å². The molecule has 2 aromatic carbocycles. The van der Waals surface area contributed by atoms with Gasteiger partial charge in [-0.15, -0.1) is 0 Å². The number of carbonyl (C=O) groups is 2. The van der Waals surface area contributed by atoms with Crippen molar-refractivity contribution in [3.05, 3.63) is 82.9 Å². The van der Waals surface area contributed by atoms with Crippen molar-refractivity contribution in [1.82, 2.24) is 4.98 Å². The molecule has 1 aliphatic heterocycles. The van der Waals surface area contributed by atoms with Crippen LogP contribution in [0.1, 0.15) is 31.8 Å². The van der Waals surface area contributed by atoms with Crippen LogP contribution < -0.4 is 18.9 Å². The molecule has 0 radical (unpaired) electrons. The van der Waals surface area contributed by atoms with E-state index in [4.69, 9.17) is 18.9 Å². The van der Waals surface area contributed by atoms with Crippen molar-refractivity contribution in [2.45, 2.75) is 6.92 Å². The van der Waals surface area contributed by atoms with Gasteiger partial charge in [-0.25, -0.2) is 4.79 Å².